The Morgan fingerprint density at radius 3 is 2.67 bits per heavy atom. The number of furan rings is 1. The minimum Gasteiger partial charge on any atom is -0.468 e. The van der Waals surface area contributed by atoms with E-state index in [1.807, 2.05) is 0 Å². The van der Waals surface area contributed by atoms with Crippen LogP contribution in [0.15, 0.2) is 22.8 Å². The van der Waals surface area contributed by atoms with Crippen LogP contribution in [0.5, 0.6) is 0 Å². The van der Waals surface area contributed by atoms with Gasteiger partial charge in [0, 0.05) is 0 Å². The van der Waals surface area contributed by atoms with E-state index in [4.69, 9.17) is 9.52 Å². The summed E-state index contributed by atoms with van der Waals surface area (Å²) in [4.78, 5) is 0. The highest BCUT2D eigenvalue weighted by molar-refractivity contribution is 7.90. The average Bonchev–Trinajstić information content (AvgIpc) is 2.68. The quantitative estimate of drug-likeness (QED) is 0.782. The Morgan fingerprint density at radius 1 is 1.53 bits per heavy atom. The molecule has 5 nitrogen and oxygen atoms in total. The molecule has 0 fully saturated rings. The highest BCUT2D eigenvalue weighted by atomic mass is 32.2. The minimum atomic E-state index is -3.50. The minimum absolute atomic E-state index is 0.403. The van der Waals surface area contributed by atoms with Crippen LogP contribution in [-0.2, 0) is 10.0 Å². The molecule has 15 heavy (non-hydrogen) atoms. The molecule has 1 heterocycles. The van der Waals surface area contributed by atoms with E-state index < -0.39 is 27.9 Å². The fraction of sp³-hybridized carbons (Fsp3) is 0.556. The molecule has 1 rings (SSSR count). The number of nitrogens with one attached hydrogen (secondary N) is 1. The number of sulfonamides is 1. The molecule has 0 aliphatic heterocycles. The second-order valence-corrected chi connectivity index (χ2v) is 5.52. The third-order valence-corrected chi connectivity index (χ3v) is 3.99. The monoisotopic (exact) mass is 233 g/mol. The summed E-state index contributed by atoms with van der Waals surface area (Å²) in [6.07, 6.45) is 1.48. The fourth-order valence-corrected chi connectivity index (χ4v) is 2.09. The van der Waals surface area contributed by atoms with E-state index in [1.54, 1.807) is 19.1 Å². The van der Waals surface area contributed by atoms with Crippen LogP contribution in [0.4, 0.5) is 0 Å². The third kappa shape index (κ3) is 3.05. The highest BCUT2D eigenvalue weighted by Gasteiger charge is 2.23. The summed E-state index contributed by atoms with van der Waals surface area (Å²) in [6, 6.07) is 2.95. The summed E-state index contributed by atoms with van der Waals surface area (Å²) < 4.78 is 30.6. The lowest BCUT2D eigenvalue weighted by Crippen LogP contribution is -2.36. The predicted molar refractivity (Wildman–Crippen MR) is 55.7 cm³/mol. The SMILES string of the molecule is CC(NS(=O)(=O)C(C)CO)c1ccco1. The van der Waals surface area contributed by atoms with Gasteiger partial charge in [0.15, 0.2) is 0 Å². The van der Waals surface area contributed by atoms with E-state index in [9.17, 15) is 8.42 Å². The molecule has 0 aromatic carbocycles. The fourth-order valence-electron chi connectivity index (χ4n) is 1.06. The van der Waals surface area contributed by atoms with Gasteiger partial charge in [0.1, 0.15) is 5.76 Å². The summed E-state index contributed by atoms with van der Waals surface area (Å²) in [7, 11) is -3.50. The number of hydrogen-bond donors (Lipinski definition) is 2. The Bertz CT molecular complexity index is 384. The molecule has 0 amide bonds. The molecular formula is C9H15NO4S. The molecule has 0 radical (unpaired) electrons. The molecule has 0 saturated heterocycles. The van der Waals surface area contributed by atoms with Gasteiger partial charge < -0.3 is 9.52 Å². The molecule has 1 aromatic heterocycles. The lowest BCUT2D eigenvalue weighted by Gasteiger charge is -2.15. The van der Waals surface area contributed by atoms with Crippen molar-refractivity contribution in [1.29, 1.82) is 0 Å². The van der Waals surface area contributed by atoms with Crippen LogP contribution in [0.2, 0.25) is 0 Å². The Labute approximate surface area is 89.2 Å². The topological polar surface area (TPSA) is 79.5 Å². The van der Waals surface area contributed by atoms with E-state index in [-0.39, 0.29) is 0 Å². The molecule has 0 bridgehead atoms. The Balaban J connectivity index is 2.70. The van der Waals surface area contributed by atoms with Crippen molar-refractivity contribution < 1.29 is 17.9 Å². The lowest BCUT2D eigenvalue weighted by atomic mass is 10.3. The van der Waals surface area contributed by atoms with Crippen LogP contribution in [-0.4, -0.2) is 25.4 Å². The van der Waals surface area contributed by atoms with Crippen LogP contribution >= 0.6 is 0 Å². The zero-order chi connectivity index (χ0) is 11.5. The number of aliphatic hydroxyl groups is 1. The lowest BCUT2D eigenvalue weighted by molar-refractivity contribution is 0.294. The average molecular weight is 233 g/mol. The van der Waals surface area contributed by atoms with E-state index in [0.717, 1.165) is 0 Å². The molecular weight excluding hydrogens is 218 g/mol. The molecule has 2 atom stereocenters. The largest absolute Gasteiger partial charge is 0.468 e. The normalized spacial score (nSPS) is 16.2. The highest BCUT2D eigenvalue weighted by Crippen LogP contribution is 2.14. The molecule has 0 spiro atoms. The molecule has 86 valence electrons. The standard InChI is InChI=1S/C9H15NO4S/c1-7(6-11)15(12,13)10-8(2)9-4-3-5-14-9/h3-5,7-8,10-11H,6H2,1-2H3. The summed E-state index contributed by atoms with van der Waals surface area (Å²) >= 11 is 0. The van der Waals surface area contributed by atoms with Crippen molar-refractivity contribution in [2.45, 2.75) is 25.1 Å². The maximum absolute atomic E-state index is 11.6. The van der Waals surface area contributed by atoms with Crippen molar-refractivity contribution in [2.24, 2.45) is 0 Å². The van der Waals surface area contributed by atoms with Gasteiger partial charge in [-0.05, 0) is 26.0 Å². The first kappa shape index (κ1) is 12.2. The predicted octanol–water partition coefficient (Wildman–Crippen LogP) is 0.641. The van der Waals surface area contributed by atoms with Crippen LogP contribution < -0.4 is 4.72 Å². The number of rotatable bonds is 5. The number of aliphatic hydroxyl groups excluding tert-OH is 1. The van der Waals surface area contributed by atoms with Crippen LogP contribution in [0.3, 0.4) is 0 Å². The van der Waals surface area contributed by atoms with Crippen molar-refractivity contribution in [3.05, 3.63) is 24.2 Å². The zero-order valence-electron chi connectivity index (χ0n) is 8.67. The van der Waals surface area contributed by atoms with Crippen molar-refractivity contribution >= 4 is 10.0 Å². The molecule has 0 saturated carbocycles. The van der Waals surface area contributed by atoms with Gasteiger partial charge in [0.2, 0.25) is 10.0 Å². The van der Waals surface area contributed by atoms with Gasteiger partial charge in [-0.15, -0.1) is 0 Å². The summed E-state index contributed by atoms with van der Waals surface area (Å²) in [5.41, 5.74) is 0. The molecule has 1 aromatic rings. The summed E-state index contributed by atoms with van der Waals surface area (Å²) in [6.45, 7) is 2.72. The molecule has 2 unspecified atom stereocenters. The number of hydrogen-bond acceptors (Lipinski definition) is 4. The molecule has 6 heteroatoms. The first-order valence-corrected chi connectivity index (χ1v) is 6.17. The van der Waals surface area contributed by atoms with Crippen LogP contribution in [0, 0.1) is 0 Å². The second kappa shape index (κ2) is 4.78. The van der Waals surface area contributed by atoms with Gasteiger partial charge in [-0.2, -0.15) is 0 Å². The zero-order valence-corrected chi connectivity index (χ0v) is 9.49. The van der Waals surface area contributed by atoms with Crippen LogP contribution in [0.25, 0.3) is 0 Å². The molecule has 0 aliphatic rings. The Hall–Kier alpha value is -0.850. The van der Waals surface area contributed by atoms with E-state index in [0.29, 0.717) is 5.76 Å². The van der Waals surface area contributed by atoms with Gasteiger partial charge in [0.05, 0.1) is 24.2 Å². The van der Waals surface area contributed by atoms with Crippen LogP contribution in [0.1, 0.15) is 25.6 Å². The van der Waals surface area contributed by atoms with E-state index in [1.165, 1.54) is 13.2 Å². The van der Waals surface area contributed by atoms with Gasteiger partial charge >= 0.3 is 0 Å². The molecule has 0 aliphatic carbocycles. The maximum atomic E-state index is 11.6. The van der Waals surface area contributed by atoms with Gasteiger partial charge in [-0.3, -0.25) is 0 Å². The van der Waals surface area contributed by atoms with Gasteiger partial charge in [-0.1, -0.05) is 0 Å². The van der Waals surface area contributed by atoms with Crippen molar-refractivity contribution in [2.75, 3.05) is 6.61 Å². The third-order valence-electron chi connectivity index (χ3n) is 2.10. The van der Waals surface area contributed by atoms with Gasteiger partial charge in [0.25, 0.3) is 0 Å². The van der Waals surface area contributed by atoms with Gasteiger partial charge in [-0.25, -0.2) is 13.1 Å². The van der Waals surface area contributed by atoms with E-state index in [2.05, 4.69) is 4.72 Å². The smallest absolute Gasteiger partial charge is 0.217 e. The first-order chi connectivity index (χ1) is 6.97. The Morgan fingerprint density at radius 2 is 2.20 bits per heavy atom. The molecule has 2 N–H and O–H groups in total. The summed E-state index contributed by atoms with van der Waals surface area (Å²) in [5, 5.41) is 7.95. The van der Waals surface area contributed by atoms with Crippen molar-refractivity contribution in [3.63, 3.8) is 0 Å². The summed E-state index contributed by atoms with van der Waals surface area (Å²) in [5.74, 6) is 0.545. The maximum Gasteiger partial charge on any atom is 0.217 e. The van der Waals surface area contributed by atoms with E-state index >= 15 is 0 Å². The second-order valence-electron chi connectivity index (χ2n) is 3.39. The Kier molecular flexibility index (Phi) is 3.90. The van der Waals surface area contributed by atoms with Crippen molar-refractivity contribution in [3.8, 4) is 0 Å². The first-order valence-electron chi connectivity index (χ1n) is 4.62. The van der Waals surface area contributed by atoms with Crippen molar-refractivity contribution in [1.82, 2.24) is 4.72 Å².